The molecule has 87 heavy (non-hydrogen) atoms. The number of carbonyl (C=O) groups excluding carboxylic acids is 2. The summed E-state index contributed by atoms with van der Waals surface area (Å²) < 4.78 is 33.0. The van der Waals surface area contributed by atoms with E-state index in [1.807, 2.05) is 0 Å². The predicted octanol–water partition coefficient (Wildman–Crippen LogP) is 21.6. The van der Waals surface area contributed by atoms with E-state index in [4.69, 9.17) is 24.3 Å². The number of rotatable bonds is 57. The molecule has 9 nitrogen and oxygen atoms in total. The zero-order valence-corrected chi connectivity index (χ0v) is 54.5. The molecule has 0 saturated carbocycles. The summed E-state index contributed by atoms with van der Waals surface area (Å²) in [6, 6.07) is 0. The Kier molecular flexibility index (Phi) is 64.0. The Hall–Kier alpha value is -6.19. The maximum atomic E-state index is 12.7. The molecule has 0 rings (SSSR count). The number of hydrogen-bond acceptors (Lipinski definition) is 8. The van der Waals surface area contributed by atoms with Gasteiger partial charge >= 0.3 is 19.8 Å². The zero-order chi connectivity index (χ0) is 63.0. The smallest absolute Gasteiger partial charge is 0.462 e. The van der Waals surface area contributed by atoms with Crippen molar-refractivity contribution in [2.24, 2.45) is 5.73 Å². The molecule has 0 radical (unpaired) electrons. The van der Waals surface area contributed by atoms with Crippen LogP contribution in [0.4, 0.5) is 0 Å². The Morgan fingerprint density at radius 3 is 0.839 bits per heavy atom. The quantitative estimate of drug-likeness (QED) is 0.0264. The molecule has 0 aromatic heterocycles. The van der Waals surface area contributed by atoms with Crippen LogP contribution in [0.1, 0.15) is 194 Å². The summed E-state index contributed by atoms with van der Waals surface area (Å²) in [6.45, 7) is 3.37. The number of nitrogens with two attached hydrogens (primary N) is 1. The van der Waals surface area contributed by atoms with Crippen LogP contribution in [0, 0.1) is 0 Å². The van der Waals surface area contributed by atoms with Crippen LogP contribution in [0.3, 0.4) is 0 Å². The van der Waals surface area contributed by atoms with Gasteiger partial charge < -0.3 is 20.1 Å². The first kappa shape index (κ1) is 80.8. The molecule has 0 heterocycles. The average molecular weight is 1210 g/mol. The zero-order valence-electron chi connectivity index (χ0n) is 53.6. The van der Waals surface area contributed by atoms with E-state index in [0.717, 1.165) is 154 Å². The molecule has 0 bridgehead atoms. The second-order valence-corrected chi connectivity index (χ2v) is 21.6. The van der Waals surface area contributed by atoms with Crippen molar-refractivity contribution in [2.75, 3.05) is 26.4 Å². The topological polar surface area (TPSA) is 134 Å². The molecule has 2 unspecified atom stereocenters. The highest BCUT2D eigenvalue weighted by Crippen LogP contribution is 2.43. The van der Waals surface area contributed by atoms with Crippen molar-refractivity contribution in [2.45, 2.75) is 200 Å². The van der Waals surface area contributed by atoms with Gasteiger partial charge in [-0.25, -0.2) is 4.57 Å². The van der Waals surface area contributed by atoms with Crippen molar-refractivity contribution in [3.05, 3.63) is 243 Å². The molecule has 0 aromatic rings. The van der Waals surface area contributed by atoms with Crippen LogP contribution >= 0.6 is 7.82 Å². The number of ether oxygens (including phenoxy) is 2. The minimum atomic E-state index is -4.44. The van der Waals surface area contributed by atoms with Gasteiger partial charge in [-0.3, -0.25) is 18.6 Å². The predicted molar refractivity (Wildman–Crippen MR) is 375 cm³/mol. The van der Waals surface area contributed by atoms with Gasteiger partial charge in [-0.1, -0.05) is 257 Å². The largest absolute Gasteiger partial charge is 0.472 e. The molecule has 2 atom stereocenters. The Labute approximate surface area is 529 Å². The van der Waals surface area contributed by atoms with Gasteiger partial charge in [-0.15, -0.1) is 0 Å². The molecule has 480 valence electrons. The highest BCUT2D eigenvalue weighted by Gasteiger charge is 2.26. The van der Waals surface area contributed by atoms with Crippen LogP contribution in [0.5, 0.6) is 0 Å². The number of phosphoric ester groups is 1. The van der Waals surface area contributed by atoms with E-state index in [9.17, 15) is 19.0 Å². The van der Waals surface area contributed by atoms with Gasteiger partial charge in [0.2, 0.25) is 0 Å². The van der Waals surface area contributed by atoms with E-state index in [0.29, 0.717) is 12.8 Å². The van der Waals surface area contributed by atoms with Crippen molar-refractivity contribution < 1.29 is 37.6 Å². The summed E-state index contributed by atoms with van der Waals surface area (Å²) in [4.78, 5) is 35.2. The molecule has 0 fully saturated rings. The summed E-state index contributed by atoms with van der Waals surface area (Å²) in [5.41, 5.74) is 5.38. The van der Waals surface area contributed by atoms with Gasteiger partial charge in [0.25, 0.3) is 0 Å². The summed E-state index contributed by atoms with van der Waals surface area (Å²) in [7, 11) is -4.44. The van der Waals surface area contributed by atoms with Gasteiger partial charge in [0.15, 0.2) is 6.10 Å². The van der Waals surface area contributed by atoms with Gasteiger partial charge in [0.05, 0.1) is 13.2 Å². The first-order valence-corrected chi connectivity index (χ1v) is 34.0. The van der Waals surface area contributed by atoms with E-state index in [1.165, 1.54) is 0 Å². The fraction of sp³-hybridized carbons (Fsp3) is 0.455. The van der Waals surface area contributed by atoms with Crippen LogP contribution in [-0.2, 0) is 32.7 Å². The van der Waals surface area contributed by atoms with Gasteiger partial charge in [-0.2, -0.15) is 0 Å². The number of allylic oxidation sites excluding steroid dienone is 40. The van der Waals surface area contributed by atoms with E-state index in [1.54, 1.807) is 0 Å². The number of esters is 2. The minimum Gasteiger partial charge on any atom is -0.462 e. The molecule has 3 N–H and O–H groups in total. The van der Waals surface area contributed by atoms with Crippen molar-refractivity contribution in [1.29, 1.82) is 0 Å². The molecule has 0 spiro atoms. The molecular weight excluding hydrogens is 1100 g/mol. The van der Waals surface area contributed by atoms with Crippen LogP contribution in [0.25, 0.3) is 0 Å². The Morgan fingerprint density at radius 1 is 0.345 bits per heavy atom. The van der Waals surface area contributed by atoms with E-state index in [-0.39, 0.29) is 32.6 Å². The minimum absolute atomic E-state index is 0.0252. The molecule has 0 aromatic carbocycles. The van der Waals surface area contributed by atoms with Gasteiger partial charge in [0, 0.05) is 19.4 Å². The SMILES string of the molecule is CC/C=C\C/C=C\C/C=C\C/C=C\C/C=C\C/C=C\C/C=C\C/C=C\C/C=C\C/C=C\C/C=C\C/C=C\CCCCC(=O)OC(COC(=O)CCCC/C=C\C/C=C\C/C=C\C/C=C\C/C=C\C/C=C\C/C=C\C/C=C\CC)COP(=O)(O)OCCN. The molecule has 0 aliphatic heterocycles. The van der Waals surface area contributed by atoms with Gasteiger partial charge in [-0.05, 0) is 167 Å². The number of unbranched alkanes of at least 4 members (excludes halogenated alkanes) is 4. The fourth-order valence-corrected chi connectivity index (χ4v) is 8.28. The number of hydrogen-bond donors (Lipinski definition) is 2. The third-order valence-electron chi connectivity index (χ3n) is 12.2. The van der Waals surface area contributed by atoms with Crippen LogP contribution in [0.15, 0.2) is 243 Å². The van der Waals surface area contributed by atoms with Crippen molar-refractivity contribution in [1.82, 2.24) is 0 Å². The lowest BCUT2D eigenvalue weighted by molar-refractivity contribution is -0.161. The lowest BCUT2D eigenvalue weighted by Gasteiger charge is -2.19. The summed E-state index contributed by atoms with van der Waals surface area (Å²) in [6.07, 6.45) is 111. The third-order valence-corrected chi connectivity index (χ3v) is 13.2. The lowest BCUT2D eigenvalue weighted by Crippen LogP contribution is -2.29. The highest BCUT2D eigenvalue weighted by atomic mass is 31.2. The van der Waals surface area contributed by atoms with Crippen LogP contribution < -0.4 is 5.73 Å². The molecule has 0 amide bonds. The van der Waals surface area contributed by atoms with Crippen LogP contribution in [0.2, 0.25) is 0 Å². The monoisotopic (exact) mass is 1210 g/mol. The summed E-state index contributed by atoms with van der Waals surface area (Å²) in [5, 5.41) is 0. The first-order valence-electron chi connectivity index (χ1n) is 32.5. The Morgan fingerprint density at radius 2 is 0.586 bits per heavy atom. The van der Waals surface area contributed by atoms with Crippen molar-refractivity contribution in [3.63, 3.8) is 0 Å². The van der Waals surface area contributed by atoms with E-state index >= 15 is 0 Å². The van der Waals surface area contributed by atoms with E-state index < -0.39 is 32.5 Å². The van der Waals surface area contributed by atoms with Gasteiger partial charge in [0.1, 0.15) is 6.61 Å². The maximum Gasteiger partial charge on any atom is 0.472 e. The normalized spacial score (nSPS) is 14.6. The lowest BCUT2D eigenvalue weighted by atomic mass is 10.1. The highest BCUT2D eigenvalue weighted by molar-refractivity contribution is 7.47. The number of phosphoric acid groups is 1. The maximum absolute atomic E-state index is 12.7. The molecule has 0 aliphatic rings. The fourth-order valence-electron chi connectivity index (χ4n) is 7.51. The van der Waals surface area contributed by atoms with E-state index in [2.05, 4.69) is 257 Å². The second-order valence-electron chi connectivity index (χ2n) is 20.2. The summed E-state index contributed by atoms with van der Waals surface area (Å²) in [5.74, 6) is -0.955. The standard InChI is InChI=1S/C77H114NO8P/c1-3-5-7-9-11-13-15-17-19-21-23-25-27-29-31-32-33-34-35-36-37-38-39-40-41-42-44-46-48-50-52-54-56-58-60-62-64-66-68-70-77(80)86-75(74-85-87(81,82)84-72-71-78)73-83-76(79)69-67-65-63-61-59-57-55-53-51-49-47-45-43-30-28-26-24-22-20-18-16-14-12-10-8-6-4-2/h5-8,11-14,17-20,23-26,29-31,33-34,36-37,39-40,42-44,47-50,53-56,59-62,75H,3-4,9-10,15-16,21-22,27-28,32,35,38,41,45-46,51-52,57-58,63-74,78H2,1-2H3,(H,81,82)/b7-5-,8-6-,13-11-,14-12-,19-17-,20-18-,25-23-,26-24-,31-29-,34-33-,37-36-,40-39-,43-30-,44-42-,49-47-,50-48-,55-53-,56-54-,61-59-,62-60-. The molecule has 0 aliphatic carbocycles. The molecular formula is C77H114NO8P. The average Bonchev–Trinajstić information content (AvgIpc) is 3.64. The first-order chi connectivity index (χ1) is 42.8. The molecule has 0 saturated heterocycles. The van der Waals surface area contributed by atoms with Crippen molar-refractivity contribution in [3.8, 4) is 0 Å². The second kappa shape index (κ2) is 68.9. The van der Waals surface area contributed by atoms with Crippen molar-refractivity contribution >= 4 is 19.8 Å². The third kappa shape index (κ3) is 68.8. The Bertz CT molecular complexity index is 2320. The molecule has 10 heteroatoms. The number of carbonyl (C=O) groups is 2. The van der Waals surface area contributed by atoms with Crippen LogP contribution in [-0.4, -0.2) is 49.3 Å². The Balaban J connectivity index is 4.20. The summed E-state index contributed by atoms with van der Waals surface area (Å²) >= 11 is 0.